The normalized spacial score (nSPS) is 27.8. The first kappa shape index (κ1) is 13.8. The summed E-state index contributed by atoms with van der Waals surface area (Å²) in [7, 11) is 1.71. The Morgan fingerprint density at radius 3 is 2.50 bits per heavy atom. The van der Waals surface area contributed by atoms with Crippen LogP contribution >= 0.6 is 12.6 Å². The highest BCUT2D eigenvalue weighted by Gasteiger charge is 2.27. The highest BCUT2D eigenvalue weighted by atomic mass is 32.1. The Balaban J connectivity index is 2.38. The summed E-state index contributed by atoms with van der Waals surface area (Å²) in [6, 6.07) is 0. The average molecular weight is 246 g/mol. The van der Waals surface area contributed by atoms with Crippen LogP contribution in [0.3, 0.4) is 0 Å². The van der Waals surface area contributed by atoms with E-state index in [-0.39, 0.29) is 29.3 Å². The van der Waals surface area contributed by atoms with Crippen LogP contribution in [0.25, 0.3) is 0 Å². The van der Waals surface area contributed by atoms with E-state index < -0.39 is 0 Å². The van der Waals surface area contributed by atoms with Gasteiger partial charge in [-0.2, -0.15) is 12.6 Å². The Morgan fingerprint density at radius 2 is 1.94 bits per heavy atom. The molecule has 0 heterocycles. The average Bonchev–Trinajstić information content (AvgIpc) is 2.28. The smallest absolute Gasteiger partial charge is 0.319 e. The molecule has 3 nitrogen and oxygen atoms in total. The number of ether oxygens (including phenoxy) is 2. The molecule has 4 heteroatoms. The van der Waals surface area contributed by atoms with Crippen LogP contribution in [0.5, 0.6) is 0 Å². The number of thiol groups is 1. The van der Waals surface area contributed by atoms with Gasteiger partial charge < -0.3 is 9.47 Å². The molecule has 0 saturated heterocycles. The van der Waals surface area contributed by atoms with Crippen molar-refractivity contribution in [1.82, 2.24) is 0 Å². The number of carbonyl (C=O) groups excluding carboxylic acids is 1. The molecule has 0 aromatic heterocycles. The molecule has 0 aromatic carbocycles. The Labute approximate surface area is 103 Å². The second-order valence-corrected chi connectivity index (χ2v) is 5.33. The fourth-order valence-electron chi connectivity index (χ4n) is 1.93. The first-order chi connectivity index (χ1) is 7.54. The molecular formula is C12H22O3S. The van der Waals surface area contributed by atoms with Gasteiger partial charge in [-0.15, -0.1) is 0 Å². The monoisotopic (exact) mass is 246 g/mol. The third kappa shape index (κ3) is 3.98. The van der Waals surface area contributed by atoms with E-state index in [9.17, 15) is 4.79 Å². The number of methoxy groups -OCH3 is 1. The minimum absolute atomic E-state index is 0.0135. The molecule has 0 spiro atoms. The maximum absolute atomic E-state index is 11.7. The van der Waals surface area contributed by atoms with E-state index in [0.29, 0.717) is 0 Å². The highest BCUT2D eigenvalue weighted by molar-refractivity contribution is 7.81. The van der Waals surface area contributed by atoms with Gasteiger partial charge in [0.05, 0.1) is 6.10 Å². The van der Waals surface area contributed by atoms with Crippen molar-refractivity contribution in [2.45, 2.75) is 57.0 Å². The Hall–Kier alpha value is -0.220. The van der Waals surface area contributed by atoms with Gasteiger partial charge in [-0.05, 0) is 25.2 Å². The molecule has 3 atom stereocenters. The largest absolute Gasteiger partial charge is 0.461 e. The summed E-state index contributed by atoms with van der Waals surface area (Å²) >= 11 is 4.26. The molecule has 1 aliphatic rings. The Morgan fingerprint density at radius 1 is 1.31 bits per heavy atom. The van der Waals surface area contributed by atoms with E-state index in [2.05, 4.69) is 12.6 Å². The molecule has 94 valence electrons. The van der Waals surface area contributed by atoms with Crippen LogP contribution in [0.2, 0.25) is 0 Å². The molecule has 1 aliphatic carbocycles. The number of rotatable bonds is 4. The second-order valence-electron chi connectivity index (χ2n) is 4.77. The predicted molar refractivity (Wildman–Crippen MR) is 66.8 cm³/mol. The summed E-state index contributed by atoms with van der Waals surface area (Å²) in [6.45, 7) is 3.94. The molecule has 0 aliphatic heterocycles. The topological polar surface area (TPSA) is 35.5 Å². The Kier molecular flexibility index (Phi) is 5.62. The van der Waals surface area contributed by atoms with Gasteiger partial charge in [0, 0.05) is 13.5 Å². The maximum atomic E-state index is 11.7. The molecule has 1 saturated carbocycles. The maximum Gasteiger partial charge on any atom is 0.319 e. The predicted octanol–water partition coefficient (Wildman–Crippen LogP) is 2.44. The van der Waals surface area contributed by atoms with Crippen LogP contribution in [0.15, 0.2) is 0 Å². The number of carbonyl (C=O) groups is 1. The van der Waals surface area contributed by atoms with Crippen molar-refractivity contribution in [1.29, 1.82) is 0 Å². The van der Waals surface area contributed by atoms with Gasteiger partial charge in [0.15, 0.2) is 0 Å². The zero-order valence-electron chi connectivity index (χ0n) is 10.3. The lowest BCUT2D eigenvalue weighted by Crippen LogP contribution is -2.33. The number of hydrogen-bond acceptors (Lipinski definition) is 4. The fraction of sp³-hybridized carbons (Fsp3) is 0.917. The van der Waals surface area contributed by atoms with Gasteiger partial charge in [-0.3, -0.25) is 4.79 Å². The quantitative estimate of drug-likeness (QED) is 0.611. The van der Waals surface area contributed by atoms with Gasteiger partial charge in [0.25, 0.3) is 0 Å². The van der Waals surface area contributed by atoms with Gasteiger partial charge in [-0.25, -0.2) is 0 Å². The van der Waals surface area contributed by atoms with E-state index in [1.165, 1.54) is 0 Å². The summed E-state index contributed by atoms with van der Waals surface area (Å²) in [5.74, 6) is 0.0118. The van der Waals surface area contributed by atoms with E-state index in [1.54, 1.807) is 7.11 Å². The van der Waals surface area contributed by atoms with Crippen molar-refractivity contribution < 1.29 is 14.3 Å². The minimum atomic E-state index is -0.317. The van der Waals surface area contributed by atoms with Crippen LogP contribution in [-0.2, 0) is 14.3 Å². The lowest BCUT2D eigenvalue weighted by Gasteiger charge is -2.29. The summed E-state index contributed by atoms with van der Waals surface area (Å²) < 4.78 is 10.8. The molecule has 3 unspecified atom stereocenters. The van der Waals surface area contributed by atoms with Crippen molar-refractivity contribution in [2.75, 3.05) is 7.11 Å². The standard InChI is InChI=1S/C12H22O3S/c1-8(2)11(16)12(13)15-10-6-4-5-9(7-10)14-3/h8-11,16H,4-7H2,1-3H3. The van der Waals surface area contributed by atoms with Crippen LogP contribution < -0.4 is 0 Å². The van der Waals surface area contributed by atoms with Crippen molar-refractivity contribution in [3.8, 4) is 0 Å². The third-order valence-electron chi connectivity index (χ3n) is 3.07. The molecule has 0 N–H and O–H groups in total. The molecule has 1 rings (SSSR count). The summed E-state index contributed by atoms with van der Waals surface area (Å²) in [6.07, 6.45) is 4.16. The summed E-state index contributed by atoms with van der Waals surface area (Å²) in [5, 5.41) is -0.317. The lowest BCUT2D eigenvalue weighted by molar-refractivity contribution is -0.152. The van der Waals surface area contributed by atoms with Crippen LogP contribution in [0.4, 0.5) is 0 Å². The van der Waals surface area contributed by atoms with E-state index in [0.717, 1.165) is 25.7 Å². The van der Waals surface area contributed by atoms with Gasteiger partial charge in [-0.1, -0.05) is 13.8 Å². The van der Waals surface area contributed by atoms with E-state index >= 15 is 0 Å². The molecule has 0 bridgehead atoms. The zero-order valence-corrected chi connectivity index (χ0v) is 11.2. The molecule has 0 radical (unpaired) electrons. The molecule has 0 amide bonds. The van der Waals surface area contributed by atoms with Crippen molar-refractivity contribution in [2.24, 2.45) is 5.92 Å². The fourth-order valence-corrected chi connectivity index (χ4v) is 1.99. The second kappa shape index (κ2) is 6.50. The summed E-state index contributed by atoms with van der Waals surface area (Å²) in [4.78, 5) is 11.7. The van der Waals surface area contributed by atoms with Crippen LogP contribution in [0.1, 0.15) is 39.5 Å². The SMILES string of the molecule is COC1CCCC(OC(=O)C(S)C(C)C)C1. The van der Waals surface area contributed by atoms with E-state index in [1.807, 2.05) is 13.8 Å². The first-order valence-electron chi connectivity index (χ1n) is 5.96. The molecule has 1 fully saturated rings. The molecular weight excluding hydrogens is 224 g/mol. The van der Waals surface area contributed by atoms with E-state index in [4.69, 9.17) is 9.47 Å². The highest BCUT2D eigenvalue weighted by Crippen LogP contribution is 2.24. The van der Waals surface area contributed by atoms with Crippen LogP contribution in [0, 0.1) is 5.92 Å². The number of esters is 1. The minimum Gasteiger partial charge on any atom is -0.461 e. The molecule has 16 heavy (non-hydrogen) atoms. The number of hydrogen-bond donors (Lipinski definition) is 1. The van der Waals surface area contributed by atoms with Gasteiger partial charge in [0.2, 0.25) is 0 Å². The van der Waals surface area contributed by atoms with Gasteiger partial charge >= 0.3 is 5.97 Å². The zero-order chi connectivity index (χ0) is 12.1. The molecule has 0 aromatic rings. The third-order valence-corrected chi connectivity index (χ3v) is 3.87. The lowest BCUT2D eigenvalue weighted by atomic mass is 9.95. The van der Waals surface area contributed by atoms with Crippen molar-refractivity contribution in [3.63, 3.8) is 0 Å². The Bertz CT molecular complexity index is 230. The van der Waals surface area contributed by atoms with Crippen molar-refractivity contribution in [3.05, 3.63) is 0 Å². The summed E-state index contributed by atoms with van der Waals surface area (Å²) in [5.41, 5.74) is 0. The van der Waals surface area contributed by atoms with Gasteiger partial charge in [0.1, 0.15) is 11.4 Å². The first-order valence-corrected chi connectivity index (χ1v) is 6.47. The van der Waals surface area contributed by atoms with Crippen molar-refractivity contribution >= 4 is 18.6 Å². The van der Waals surface area contributed by atoms with Crippen LogP contribution in [-0.4, -0.2) is 30.5 Å².